The highest BCUT2D eigenvalue weighted by molar-refractivity contribution is 7.79. The normalized spacial score (nSPS) is 11.2. The highest BCUT2D eigenvalue weighted by atomic mass is 31.1. The molecule has 0 aliphatic heterocycles. The Balaban J connectivity index is 1.70. The Morgan fingerprint density at radius 2 is 1.07 bits per heavy atom. The van der Waals surface area contributed by atoms with Gasteiger partial charge in [-0.2, -0.15) is 0 Å². The van der Waals surface area contributed by atoms with Crippen LogP contribution in [0.5, 0.6) is 0 Å². The summed E-state index contributed by atoms with van der Waals surface area (Å²) in [6, 6.07) is 40.6. The molecule has 0 saturated carbocycles. The predicted molar refractivity (Wildman–Crippen MR) is 123 cm³/mol. The Kier molecular flexibility index (Phi) is 6.07. The molecule has 0 heterocycles. The highest BCUT2D eigenvalue weighted by Crippen LogP contribution is 2.34. The smallest absolute Gasteiger partial charge is 0.0646 e. The first-order valence-corrected chi connectivity index (χ1v) is 10.8. The monoisotopic (exact) mass is 379 g/mol. The van der Waals surface area contributed by atoms with E-state index in [0.717, 1.165) is 5.56 Å². The molecule has 0 spiro atoms. The Morgan fingerprint density at radius 3 is 1.68 bits per heavy atom. The summed E-state index contributed by atoms with van der Waals surface area (Å²) in [7, 11) is -0.611. The van der Waals surface area contributed by atoms with Crippen LogP contribution in [0.1, 0.15) is 11.1 Å². The van der Waals surface area contributed by atoms with Crippen LogP contribution in [-0.2, 0) is 6.54 Å². The zero-order valence-corrected chi connectivity index (χ0v) is 16.5. The van der Waals surface area contributed by atoms with E-state index < -0.39 is 7.92 Å². The molecule has 0 aliphatic rings. The van der Waals surface area contributed by atoms with E-state index in [1.165, 1.54) is 21.5 Å². The van der Waals surface area contributed by atoms with Gasteiger partial charge in [0.1, 0.15) is 0 Å². The molecule has 136 valence electrons. The third-order valence-electron chi connectivity index (χ3n) is 4.56. The predicted octanol–water partition coefficient (Wildman–Crippen LogP) is 5.06. The summed E-state index contributed by atoms with van der Waals surface area (Å²) in [5.74, 6) is 0. The van der Waals surface area contributed by atoms with Crippen LogP contribution in [0, 0.1) is 0 Å². The van der Waals surface area contributed by atoms with Gasteiger partial charge in [0.15, 0.2) is 0 Å². The third-order valence-corrected chi connectivity index (χ3v) is 7.11. The summed E-state index contributed by atoms with van der Waals surface area (Å²) in [5, 5.41) is 4.10. The van der Waals surface area contributed by atoms with Crippen LogP contribution in [0.3, 0.4) is 0 Å². The molecule has 28 heavy (non-hydrogen) atoms. The van der Waals surface area contributed by atoms with Gasteiger partial charge in [-0.1, -0.05) is 115 Å². The van der Waals surface area contributed by atoms with Crippen molar-refractivity contribution < 1.29 is 0 Å². The van der Waals surface area contributed by atoms with Gasteiger partial charge in [-0.15, -0.1) is 0 Å². The maximum atomic E-state index is 4.73. The first-order chi connectivity index (χ1) is 13.9. The average molecular weight is 379 g/mol. The van der Waals surface area contributed by atoms with Crippen molar-refractivity contribution in [1.29, 1.82) is 0 Å². The number of aliphatic imine (C=N–C) groups is 1. The fraction of sp³-hybridized carbons (Fsp3) is 0.0385. The van der Waals surface area contributed by atoms with Gasteiger partial charge >= 0.3 is 0 Å². The molecule has 0 unspecified atom stereocenters. The van der Waals surface area contributed by atoms with E-state index in [1.54, 1.807) is 0 Å². The van der Waals surface area contributed by atoms with Crippen molar-refractivity contribution in [1.82, 2.24) is 0 Å². The second-order valence-electron chi connectivity index (χ2n) is 6.52. The minimum Gasteiger partial charge on any atom is -0.288 e. The van der Waals surface area contributed by atoms with Crippen molar-refractivity contribution in [3.8, 4) is 0 Å². The van der Waals surface area contributed by atoms with E-state index in [2.05, 4.69) is 97.1 Å². The minimum atomic E-state index is -0.611. The second-order valence-corrected chi connectivity index (χ2v) is 8.70. The highest BCUT2D eigenvalue weighted by Gasteiger charge is 2.18. The van der Waals surface area contributed by atoms with Gasteiger partial charge in [0.05, 0.1) is 6.54 Å². The zero-order valence-electron chi connectivity index (χ0n) is 15.6. The first kappa shape index (κ1) is 18.3. The first-order valence-electron chi connectivity index (χ1n) is 9.45. The van der Waals surface area contributed by atoms with Gasteiger partial charge < -0.3 is 0 Å². The van der Waals surface area contributed by atoms with Crippen LogP contribution in [0.25, 0.3) is 0 Å². The molecule has 0 saturated heterocycles. The summed E-state index contributed by atoms with van der Waals surface area (Å²) in [6.45, 7) is 0.684. The maximum Gasteiger partial charge on any atom is 0.0646 e. The van der Waals surface area contributed by atoms with E-state index >= 15 is 0 Å². The molecule has 4 rings (SSSR count). The van der Waals surface area contributed by atoms with Crippen LogP contribution in [-0.4, -0.2) is 6.21 Å². The molecule has 0 aliphatic carbocycles. The van der Waals surface area contributed by atoms with Gasteiger partial charge in [-0.3, -0.25) is 4.99 Å². The molecule has 4 aromatic rings. The van der Waals surface area contributed by atoms with Crippen LogP contribution in [0.2, 0.25) is 0 Å². The van der Waals surface area contributed by atoms with Crippen molar-refractivity contribution in [2.75, 3.05) is 0 Å². The van der Waals surface area contributed by atoms with Gasteiger partial charge in [0.25, 0.3) is 0 Å². The van der Waals surface area contributed by atoms with Crippen LogP contribution in [0.4, 0.5) is 0 Å². The molecular weight excluding hydrogens is 357 g/mol. The third kappa shape index (κ3) is 4.44. The van der Waals surface area contributed by atoms with Gasteiger partial charge in [0.2, 0.25) is 0 Å². The lowest BCUT2D eigenvalue weighted by molar-refractivity contribution is 1.09. The molecule has 0 radical (unpaired) electrons. The molecule has 4 aromatic carbocycles. The van der Waals surface area contributed by atoms with Crippen molar-refractivity contribution in [2.45, 2.75) is 6.54 Å². The SMILES string of the molecule is C(=NCc1ccccc1P(c1ccccc1)c1ccccc1)c1ccccc1. The summed E-state index contributed by atoms with van der Waals surface area (Å²) >= 11 is 0. The summed E-state index contributed by atoms with van der Waals surface area (Å²) in [4.78, 5) is 4.73. The molecule has 0 bridgehead atoms. The fourth-order valence-corrected chi connectivity index (χ4v) is 5.70. The molecule has 0 fully saturated rings. The second kappa shape index (κ2) is 9.26. The Morgan fingerprint density at radius 1 is 0.571 bits per heavy atom. The molecule has 2 heteroatoms. The van der Waals surface area contributed by atoms with Crippen molar-refractivity contribution >= 4 is 30.0 Å². The number of rotatable bonds is 6. The largest absolute Gasteiger partial charge is 0.288 e. The maximum absolute atomic E-state index is 4.73. The summed E-state index contributed by atoms with van der Waals surface area (Å²) in [5.41, 5.74) is 2.42. The van der Waals surface area contributed by atoms with Crippen LogP contribution >= 0.6 is 7.92 Å². The number of hydrogen-bond donors (Lipinski definition) is 0. The molecule has 0 N–H and O–H groups in total. The minimum absolute atomic E-state index is 0.611. The van der Waals surface area contributed by atoms with Crippen LogP contribution < -0.4 is 15.9 Å². The summed E-state index contributed by atoms with van der Waals surface area (Å²) in [6.07, 6.45) is 1.96. The lowest BCUT2D eigenvalue weighted by atomic mass is 10.2. The lowest BCUT2D eigenvalue weighted by Gasteiger charge is -2.21. The van der Waals surface area contributed by atoms with Gasteiger partial charge in [-0.25, -0.2) is 0 Å². The molecule has 1 nitrogen and oxygen atoms in total. The van der Waals surface area contributed by atoms with E-state index in [4.69, 9.17) is 4.99 Å². The molecule has 0 amide bonds. The van der Waals surface area contributed by atoms with Crippen molar-refractivity contribution in [3.63, 3.8) is 0 Å². The molecule has 0 atom stereocenters. The average Bonchev–Trinajstić information content (AvgIpc) is 2.77. The van der Waals surface area contributed by atoms with Crippen LogP contribution in [0.15, 0.2) is 120 Å². The Labute approximate surface area is 168 Å². The fourth-order valence-electron chi connectivity index (χ4n) is 3.23. The van der Waals surface area contributed by atoms with E-state index in [0.29, 0.717) is 6.54 Å². The van der Waals surface area contributed by atoms with Gasteiger partial charge in [-0.05, 0) is 35.0 Å². The van der Waals surface area contributed by atoms with Gasteiger partial charge in [0, 0.05) is 6.21 Å². The lowest BCUT2D eigenvalue weighted by Crippen LogP contribution is -2.23. The number of hydrogen-bond acceptors (Lipinski definition) is 1. The Hall–Kier alpha value is -3.02. The topological polar surface area (TPSA) is 12.4 Å². The number of nitrogens with zero attached hydrogens (tertiary/aromatic N) is 1. The number of benzene rings is 4. The standard InChI is InChI=1S/C26H22NP/c1-4-12-22(13-5-1)20-27-21-23-14-10-11-19-26(23)28(24-15-6-2-7-16-24)25-17-8-3-9-18-25/h1-20H,21H2. The van der Waals surface area contributed by atoms with E-state index in [-0.39, 0.29) is 0 Å². The molecule has 0 aromatic heterocycles. The van der Waals surface area contributed by atoms with E-state index in [1.807, 2.05) is 24.4 Å². The Bertz CT molecular complexity index is 988. The van der Waals surface area contributed by atoms with Crippen molar-refractivity contribution in [2.24, 2.45) is 4.99 Å². The van der Waals surface area contributed by atoms with E-state index in [9.17, 15) is 0 Å². The zero-order chi connectivity index (χ0) is 19.0. The summed E-state index contributed by atoms with van der Waals surface area (Å²) < 4.78 is 0. The van der Waals surface area contributed by atoms with Crippen molar-refractivity contribution in [3.05, 3.63) is 126 Å². The quantitative estimate of drug-likeness (QED) is 0.328. The molecular formula is C26H22NP.